The highest BCUT2D eigenvalue weighted by atomic mass is 16.5. The Morgan fingerprint density at radius 1 is 1.46 bits per heavy atom. The summed E-state index contributed by atoms with van der Waals surface area (Å²) in [6.07, 6.45) is 6.29. The molecule has 3 heteroatoms. The fourth-order valence-corrected chi connectivity index (χ4v) is 1.67. The van der Waals surface area contributed by atoms with Crippen LogP contribution in [0.3, 0.4) is 0 Å². The molecule has 1 aliphatic carbocycles. The van der Waals surface area contributed by atoms with Crippen LogP contribution in [0.25, 0.3) is 0 Å². The molecule has 0 unspecified atom stereocenters. The van der Waals surface area contributed by atoms with Crippen LogP contribution in [0.1, 0.15) is 32.1 Å². The molecule has 3 nitrogen and oxygen atoms in total. The van der Waals surface area contributed by atoms with Gasteiger partial charge in [0.1, 0.15) is 12.1 Å². The Hall–Kier alpha value is -0.830. The summed E-state index contributed by atoms with van der Waals surface area (Å²) in [4.78, 5) is 11.5. The first-order valence-electron chi connectivity index (χ1n) is 4.76. The Morgan fingerprint density at radius 3 is 2.62 bits per heavy atom. The highest BCUT2D eigenvalue weighted by Crippen LogP contribution is 2.26. The molecule has 1 aliphatic rings. The van der Waals surface area contributed by atoms with Crippen molar-refractivity contribution in [2.45, 2.75) is 37.6 Å². The van der Waals surface area contributed by atoms with Crippen LogP contribution in [0.5, 0.6) is 0 Å². The highest BCUT2D eigenvalue weighted by molar-refractivity contribution is 5.80. The minimum absolute atomic E-state index is 0.262. The van der Waals surface area contributed by atoms with Crippen LogP contribution >= 0.6 is 0 Å². The second kappa shape index (κ2) is 4.42. The first kappa shape index (κ1) is 10.3. The third-order valence-corrected chi connectivity index (χ3v) is 2.48. The molecule has 0 aromatic rings. The molecule has 74 valence electrons. The van der Waals surface area contributed by atoms with Crippen molar-refractivity contribution in [1.29, 1.82) is 0 Å². The van der Waals surface area contributed by atoms with Crippen molar-refractivity contribution in [3.63, 3.8) is 0 Å². The van der Waals surface area contributed by atoms with Gasteiger partial charge >= 0.3 is 5.97 Å². The number of hydrogen-bond acceptors (Lipinski definition) is 3. The molecule has 0 spiro atoms. The smallest absolute Gasteiger partial charge is 0.326 e. The van der Waals surface area contributed by atoms with Crippen LogP contribution in [-0.4, -0.2) is 18.1 Å². The minimum atomic E-state index is -0.721. The largest absolute Gasteiger partial charge is 0.460 e. The molecule has 1 saturated carbocycles. The van der Waals surface area contributed by atoms with Crippen molar-refractivity contribution in [3.8, 4) is 0 Å². The zero-order valence-electron chi connectivity index (χ0n) is 7.92. The van der Waals surface area contributed by atoms with E-state index >= 15 is 0 Å². The molecular weight excluding hydrogens is 166 g/mol. The van der Waals surface area contributed by atoms with Crippen molar-refractivity contribution in [1.82, 2.24) is 0 Å². The molecule has 0 radical (unpaired) electrons. The maximum Gasteiger partial charge on any atom is 0.326 e. The third-order valence-electron chi connectivity index (χ3n) is 2.48. The van der Waals surface area contributed by atoms with E-state index in [9.17, 15) is 4.79 Å². The molecule has 0 aromatic heterocycles. The lowest BCUT2D eigenvalue weighted by Gasteiger charge is -2.30. The third kappa shape index (κ3) is 2.56. The topological polar surface area (TPSA) is 52.3 Å². The molecule has 0 aliphatic heterocycles. The van der Waals surface area contributed by atoms with Gasteiger partial charge < -0.3 is 10.5 Å². The monoisotopic (exact) mass is 183 g/mol. The molecule has 2 N–H and O–H groups in total. The predicted molar refractivity (Wildman–Crippen MR) is 51.2 cm³/mol. The molecule has 13 heavy (non-hydrogen) atoms. The van der Waals surface area contributed by atoms with E-state index in [2.05, 4.69) is 6.58 Å². The van der Waals surface area contributed by atoms with E-state index in [1.165, 1.54) is 6.42 Å². The Labute approximate surface area is 78.9 Å². The fraction of sp³-hybridized carbons (Fsp3) is 0.700. The zero-order chi connectivity index (χ0) is 9.73. The number of carbonyl (C=O) groups excluding carboxylic acids is 1. The van der Waals surface area contributed by atoms with E-state index in [-0.39, 0.29) is 12.6 Å². The van der Waals surface area contributed by atoms with Crippen LogP contribution in [0.2, 0.25) is 0 Å². The van der Waals surface area contributed by atoms with Crippen LogP contribution in [0, 0.1) is 0 Å². The van der Waals surface area contributed by atoms with E-state index in [4.69, 9.17) is 10.5 Å². The van der Waals surface area contributed by atoms with Gasteiger partial charge in [0, 0.05) is 0 Å². The number of carbonyl (C=O) groups is 1. The summed E-state index contributed by atoms with van der Waals surface area (Å²) in [6.45, 7) is 3.74. The summed E-state index contributed by atoms with van der Waals surface area (Å²) in [5.41, 5.74) is 5.21. The van der Waals surface area contributed by atoms with Crippen molar-refractivity contribution in [2.24, 2.45) is 5.73 Å². The van der Waals surface area contributed by atoms with Gasteiger partial charge in [0.2, 0.25) is 0 Å². The second-order valence-corrected chi connectivity index (χ2v) is 3.60. The SMILES string of the molecule is C=CCOC(=O)C1(N)CCCCC1. The van der Waals surface area contributed by atoms with Crippen LogP contribution in [0.4, 0.5) is 0 Å². The lowest BCUT2D eigenvalue weighted by atomic mass is 9.83. The van der Waals surface area contributed by atoms with Gasteiger partial charge in [-0.05, 0) is 12.8 Å². The van der Waals surface area contributed by atoms with Gasteiger partial charge in [-0.2, -0.15) is 0 Å². The quantitative estimate of drug-likeness (QED) is 0.531. The van der Waals surface area contributed by atoms with E-state index in [0.717, 1.165) is 25.7 Å². The lowest BCUT2D eigenvalue weighted by Crippen LogP contribution is -2.50. The number of nitrogens with two attached hydrogens (primary N) is 1. The summed E-state index contributed by atoms with van der Waals surface area (Å²) in [6, 6.07) is 0. The summed E-state index contributed by atoms with van der Waals surface area (Å²) < 4.78 is 4.95. The average Bonchev–Trinajstić information content (AvgIpc) is 2.15. The highest BCUT2D eigenvalue weighted by Gasteiger charge is 2.36. The van der Waals surface area contributed by atoms with E-state index < -0.39 is 5.54 Å². The normalized spacial score (nSPS) is 20.7. The van der Waals surface area contributed by atoms with Crippen LogP contribution in [-0.2, 0) is 9.53 Å². The molecule has 0 atom stereocenters. The molecule has 1 fully saturated rings. The number of esters is 1. The number of hydrogen-bond donors (Lipinski definition) is 1. The van der Waals surface area contributed by atoms with Crippen molar-refractivity contribution >= 4 is 5.97 Å². The maximum atomic E-state index is 11.5. The molecule has 0 aromatic carbocycles. The van der Waals surface area contributed by atoms with Gasteiger partial charge in [-0.15, -0.1) is 0 Å². The maximum absolute atomic E-state index is 11.5. The fourth-order valence-electron chi connectivity index (χ4n) is 1.67. The van der Waals surface area contributed by atoms with E-state index in [1.807, 2.05) is 0 Å². The molecule has 1 rings (SSSR count). The summed E-state index contributed by atoms with van der Waals surface area (Å²) in [5, 5.41) is 0. The Morgan fingerprint density at radius 2 is 2.08 bits per heavy atom. The minimum Gasteiger partial charge on any atom is -0.460 e. The first-order chi connectivity index (χ1) is 6.19. The van der Waals surface area contributed by atoms with E-state index in [1.54, 1.807) is 6.08 Å². The van der Waals surface area contributed by atoms with Gasteiger partial charge in [0.25, 0.3) is 0 Å². The van der Waals surface area contributed by atoms with Gasteiger partial charge in [-0.3, -0.25) is 4.79 Å². The number of rotatable bonds is 3. The van der Waals surface area contributed by atoms with Gasteiger partial charge in [0.05, 0.1) is 0 Å². The average molecular weight is 183 g/mol. The summed E-state index contributed by atoms with van der Waals surface area (Å²) in [7, 11) is 0. The van der Waals surface area contributed by atoms with Gasteiger partial charge in [-0.25, -0.2) is 0 Å². The van der Waals surface area contributed by atoms with Crippen LogP contribution < -0.4 is 5.73 Å². The lowest BCUT2D eigenvalue weighted by molar-refractivity contribution is -0.150. The molecule has 0 heterocycles. The standard InChI is InChI=1S/C10H17NO2/c1-2-8-13-9(12)10(11)6-4-3-5-7-10/h2H,1,3-8,11H2. The van der Waals surface area contributed by atoms with Crippen molar-refractivity contribution < 1.29 is 9.53 Å². The van der Waals surface area contributed by atoms with Crippen LogP contribution in [0.15, 0.2) is 12.7 Å². The Kier molecular flexibility index (Phi) is 3.48. The predicted octanol–water partition coefficient (Wildman–Crippen LogP) is 1.38. The van der Waals surface area contributed by atoms with Gasteiger partial charge in [0.15, 0.2) is 0 Å². The van der Waals surface area contributed by atoms with Crippen molar-refractivity contribution in [3.05, 3.63) is 12.7 Å². The van der Waals surface area contributed by atoms with Gasteiger partial charge in [-0.1, -0.05) is 31.9 Å². The summed E-state index contributed by atoms with van der Waals surface area (Å²) >= 11 is 0. The molecule has 0 amide bonds. The summed E-state index contributed by atoms with van der Waals surface area (Å²) in [5.74, 6) is -0.271. The van der Waals surface area contributed by atoms with E-state index in [0.29, 0.717) is 0 Å². The molecule has 0 saturated heterocycles. The Balaban J connectivity index is 2.46. The molecule has 0 bridgehead atoms. The molecular formula is C10H17NO2. The second-order valence-electron chi connectivity index (χ2n) is 3.60. The zero-order valence-corrected chi connectivity index (χ0v) is 7.92. The number of ether oxygens (including phenoxy) is 1. The van der Waals surface area contributed by atoms with Crippen molar-refractivity contribution in [2.75, 3.05) is 6.61 Å². The first-order valence-corrected chi connectivity index (χ1v) is 4.76. The Bertz CT molecular complexity index is 195.